The predicted molar refractivity (Wildman–Crippen MR) is 18.5 cm³/mol. The fraction of sp³-hybridized carbons (Fsp3) is 0. The van der Waals surface area contributed by atoms with Gasteiger partial charge in [-0.25, -0.2) is 0 Å². The maximum atomic E-state index is 9.18. The van der Waals surface area contributed by atoms with E-state index in [9.17, 15) is 8.76 Å². The first-order chi connectivity index (χ1) is 2.27. The van der Waals surface area contributed by atoms with Crippen LogP contribution in [0, 0.1) is 0 Å². The molecule has 0 aliphatic carbocycles. The van der Waals surface area contributed by atoms with Crippen molar-refractivity contribution < 1.29 is 11.2 Å². The summed E-state index contributed by atoms with van der Waals surface area (Å²) in [6, 6.07) is 0. The van der Waals surface area contributed by atoms with E-state index in [0.717, 1.165) is 0 Å². The molecular weight excluding hydrogens is 202 g/mol. The molecule has 0 aromatic heterocycles. The van der Waals surface area contributed by atoms with Gasteiger partial charge in [-0.15, -0.1) is 0 Å². The Morgan fingerprint density at radius 2 is 2.20 bits per heavy atom. The van der Waals surface area contributed by atoms with Crippen LogP contribution in [0.25, 0.3) is 0 Å². The molecule has 0 fully saturated rings. The molecule has 0 radical (unpaired) electrons. The van der Waals surface area contributed by atoms with Gasteiger partial charge < -0.3 is 0 Å². The summed E-state index contributed by atoms with van der Waals surface area (Å²) < 4.78 is 22.2. The molecule has 0 heterocycles. The van der Waals surface area contributed by atoms with Crippen LogP contribution in [0.5, 0.6) is 0 Å². The van der Waals surface area contributed by atoms with Gasteiger partial charge >= 0.3 is 46.0 Å². The summed E-state index contributed by atoms with van der Waals surface area (Å²) in [4.78, 5) is 0. The van der Waals surface area contributed by atoms with Gasteiger partial charge in [-0.1, -0.05) is 0 Å². The molecule has 0 N–H and O–H groups in total. The van der Waals surface area contributed by atoms with Crippen LogP contribution >= 0.6 is 0 Å². The third-order valence-corrected chi connectivity index (χ3v) is 1.58. The second-order valence-corrected chi connectivity index (χ2v) is 2.55. The van der Waals surface area contributed by atoms with Crippen molar-refractivity contribution in [2.45, 2.75) is 0 Å². The minimum absolute atomic E-state index is 0.314. The minimum atomic E-state index is -2.26. The van der Waals surface area contributed by atoms with Crippen molar-refractivity contribution in [2.75, 3.05) is 0 Å². The van der Waals surface area contributed by atoms with Gasteiger partial charge in [0, 0.05) is 0 Å². The molecule has 1 atom stereocenters. The third kappa shape index (κ3) is 4.89. The van der Waals surface area contributed by atoms with Crippen molar-refractivity contribution in [2.24, 2.45) is 0 Å². The van der Waals surface area contributed by atoms with Crippen LogP contribution in [0.4, 0.5) is 0 Å². The van der Waals surface area contributed by atoms with Crippen LogP contribution in [-0.4, -0.2) is 32.2 Å². The molecule has 1 unspecified atom stereocenters. The molecule has 0 spiro atoms. The van der Waals surface area contributed by atoms with Gasteiger partial charge in [0.1, 0.15) is 0 Å². The number of rotatable bonds is 1. The molecule has 5 heavy (non-hydrogen) atoms. The topological polar surface area (TPSA) is 49.4 Å². The Morgan fingerprint density at radius 1 is 2.00 bits per heavy atom. The van der Waals surface area contributed by atoms with Crippen LogP contribution in [0.3, 0.4) is 0 Å². The van der Waals surface area contributed by atoms with E-state index in [1.165, 1.54) is 0 Å². The first kappa shape index (κ1) is 5.89. The van der Waals surface area contributed by atoms with Crippen molar-refractivity contribution in [3.63, 3.8) is 0 Å². The molecule has 0 saturated carbocycles. The van der Waals surface area contributed by atoms with Gasteiger partial charge in [-0.05, 0) is 0 Å². The van der Waals surface area contributed by atoms with Gasteiger partial charge in [0.25, 0.3) is 0 Å². The fourth-order valence-corrected chi connectivity index (χ4v) is 0. The average Bonchev–Trinajstić information content (AvgIpc) is 1.38. The SMILES string of the molecule is O=S([O-])[O][SbH2]. The summed E-state index contributed by atoms with van der Waals surface area (Å²) in [5.41, 5.74) is 0. The number of hydrogen-bond acceptors (Lipinski definition) is 3. The zero-order chi connectivity index (χ0) is 4.28. The van der Waals surface area contributed by atoms with E-state index in [4.69, 9.17) is 0 Å². The Balaban J connectivity index is 2.85. The summed E-state index contributed by atoms with van der Waals surface area (Å²) in [5.74, 6) is 0. The van der Waals surface area contributed by atoms with Crippen LogP contribution < -0.4 is 0 Å². The third-order valence-electron chi connectivity index (χ3n) is 0.0786. The second kappa shape index (κ2) is 3.09. The first-order valence-corrected chi connectivity index (χ1v) is 3.08. The molecule has 5 heteroatoms. The van der Waals surface area contributed by atoms with Crippen LogP contribution in [-0.2, 0) is 13.8 Å². The van der Waals surface area contributed by atoms with E-state index in [1.54, 1.807) is 0 Å². The quantitative estimate of drug-likeness (QED) is 0.379. The van der Waals surface area contributed by atoms with Gasteiger partial charge in [0.15, 0.2) is 0 Å². The zero-order valence-corrected chi connectivity index (χ0v) is 6.32. The molecular formula is H2O3SSb-. The average molecular weight is 204 g/mol. The van der Waals surface area contributed by atoms with E-state index in [2.05, 4.69) is 2.46 Å². The summed E-state index contributed by atoms with van der Waals surface area (Å²) in [5, 5.41) is 0. The molecule has 0 rings (SSSR count). The first-order valence-electron chi connectivity index (χ1n) is 0.736. The Labute approximate surface area is 46.2 Å². The number of hydrogen-bond donors (Lipinski definition) is 0. The molecule has 0 saturated heterocycles. The maximum absolute atomic E-state index is 9.18. The van der Waals surface area contributed by atoms with E-state index in [-0.39, 0.29) is 0 Å². The fourth-order valence-electron chi connectivity index (χ4n) is 0. The Hall–Kier alpha value is 0.888. The Kier molecular flexibility index (Phi) is 3.64. The predicted octanol–water partition coefficient (Wildman–Crippen LogP) is -1.65. The monoisotopic (exact) mass is 203 g/mol. The van der Waals surface area contributed by atoms with E-state index < -0.39 is 11.4 Å². The molecule has 0 bridgehead atoms. The van der Waals surface area contributed by atoms with Crippen molar-refractivity contribution in [3.8, 4) is 0 Å². The summed E-state index contributed by atoms with van der Waals surface area (Å²) in [7, 11) is 0. The van der Waals surface area contributed by atoms with Crippen molar-refractivity contribution in [1.29, 1.82) is 0 Å². The van der Waals surface area contributed by atoms with Crippen molar-refractivity contribution in [3.05, 3.63) is 0 Å². The summed E-state index contributed by atoms with van der Waals surface area (Å²) >= 11 is -1.95. The van der Waals surface area contributed by atoms with E-state index >= 15 is 0 Å². The molecule has 3 nitrogen and oxygen atoms in total. The molecule has 0 aliphatic heterocycles. The van der Waals surface area contributed by atoms with Gasteiger partial charge in [0.05, 0.1) is 0 Å². The van der Waals surface area contributed by atoms with Crippen LogP contribution in [0.15, 0.2) is 0 Å². The molecule has 0 amide bonds. The van der Waals surface area contributed by atoms with Crippen molar-refractivity contribution in [1.82, 2.24) is 0 Å². The molecule has 32 valence electrons. The normalized spacial score (nSPS) is 14.8. The standard InChI is InChI=1S/H2O3S.Sb.2H/c1-4(2)3;;;/h(H2,1,2,3);;;/q;+1;;/p-2. The van der Waals surface area contributed by atoms with Gasteiger partial charge in [-0.2, -0.15) is 0 Å². The van der Waals surface area contributed by atoms with Gasteiger partial charge in [-0.3, -0.25) is 0 Å². The van der Waals surface area contributed by atoms with E-state index in [0.29, 0.717) is 23.4 Å². The Bertz CT molecular complexity index is 42.2. The Morgan fingerprint density at radius 3 is 2.20 bits per heavy atom. The zero-order valence-electron chi connectivity index (χ0n) is 2.21. The molecule has 0 aliphatic rings. The second-order valence-electron chi connectivity index (χ2n) is 0.300. The molecule has 0 aromatic carbocycles. The van der Waals surface area contributed by atoms with Crippen LogP contribution in [0.1, 0.15) is 0 Å². The van der Waals surface area contributed by atoms with Crippen molar-refractivity contribution >= 4 is 34.8 Å². The summed E-state index contributed by atoms with van der Waals surface area (Å²) in [6.07, 6.45) is 0. The van der Waals surface area contributed by atoms with Gasteiger partial charge in [0.2, 0.25) is 0 Å². The summed E-state index contributed by atoms with van der Waals surface area (Å²) in [6.45, 7) is 0. The van der Waals surface area contributed by atoms with E-state index in [1.807, 2.05) is 0 Å². The van der Waals surface area contributed by atoms with Crippen LogP contribution in [0.2, 0.25) is 0 Å². The molecule has 0 aromatic rings.